The molecular weight excluding hydrogens is 220 g/mol. The molecule has 0 aliphatic heterocycles. The smallest absolute Gasteiger partial charge is 0.306 e. The number of hydrogen-bond donors (Lipinski definition) is 2. The van der Waals surface area contributed by atoms with Crippen molar-refractivity contribution in [1.29, 1.82) is 0 Å². The van der Waals surface area contributed by atoms with Crippen LogP contribution in [0.4, 0.5) is 8.78 Å². The van der Waals surface area contributed by atoms with Gasteiger partial charge in [-0.05, 0) is 19.3 Å². The maximum Gasteiger partial charge on any atom is 0.306 e. The summed E-state index contributed by atoms with van der Waals surface area (Å²) in [5, 5.41) is 11.0. The van der Waals surface area contributed by atoms with E-state index in [0.717, 1.165) is 0 Å². The van der Waals surface area contributed by atoms with E-state index in [-0.39, 0.29) is 19.3 Å². The highest BCUT2D eigenvalue weighted by molar-refractivity contribution is 5.73. The fourth-order valence-corrected chi connectivity index (χ4v) is 1.93. The molecule has 1 saturated carbocycles. The fraction of sp³-hybridized carbons (Fsp3) is 0.800. The number of carbonyl (C=O) groups excluding carboxylic acids is 1. The van der Waals surface area contributed by atoms with Crippen molar-refractivity contribution in [2.75, 3.05) is 0 Å². The molecule has 1 aliphatic rings. The van der Waals surface area contributed by atoms with E-state index in [2.05, 4.69) is 5.32 Å². The molecule has 1 rings (SSSR count). The number of carbonyl (C=O) groups is 2. The van der Waals surface area contributed by atoms with Crippen LogP contribution in [0.2, 0.25) is 0 Å². The van der Waals surface area contributed by atoms with Gasteiger partial charge >= 0.3 is 5.97 Å². The van der Waals surface area contributed by atoms with Gasteiger partial charge < -0.3 is 10.4 Å². The second-order valence-corrected chi connectivity index (χ2v) is 4.17. The molecule has 0 radical (unpaired) electrons. The summed E-state index contributed by atoms with van der Waals surface area (Å²) in [6.07, 6.45) is -0.354. The van der Waals surface area contributed by atoms with Crippen molar-refractivity contribution < 1.29 is 23.5 Å². The number of carboxylic acids is 1. The molecule has 0 heterocycles. The van der Waals surface area contributed by atoms with Gasteiger partial charge in [-0.3, -0.25) is 9.59 Å². The van der Waals surface area contributed by atoms with Crippen LogP contribution in [0.15, 0.2) is 0 Å². The molecule has 0 aromatic rings. The molecular formula is C10H15F2NO3. The third-order valence-corrected chi connectivity index (χ3v) is 2.87. The normalized spacial score (nSPS) is 29.2. The highest BCUT2D eigenvalue weighted by Gasteiger charge is 2.43. The van der Waals surface area contributed by atoms with Crippen molar-refractivity contribution in [2.45, 2.75) is 44.6 Å². The first kappa shape index (κ1) is 12.9. The van der Waals surface area contributed by atoms with Crippen LogP contribution in [-0.2, 0) is 9.59 Å². The summed E-state index contributed by atoms with van der Waals surface area (Å²) in [5.41, 5.74) is 0. The van der Waals surface area contributed by atoms with Crippen LogP contribution in [0.5, 0.6) is 0 Å². The zero-order valence-corrected chi connectivity index (χ0v) is 9.00. The maximum absolute atomic E-state index is 13.5. The lowest BCUT2D eigenvalue weighted by Gasteiger charge is -2.24. The van der Waals surface area contributed by atoms with Gasteiger partial charge in [-0.25, -0.2) is 8.78 Å². The minimum atomic E-state index is -3.02. The Kier molecular flexibility index (Phi) is 3.83. The Hall–Kier alpha value is -1.20. The summed E-state index contributed by atoms with van der Waals surface area (Å²) in [5.74, 6) is -5.31. The fourth-order valence-electron chi connectivity index (χ4n) is 1.93. The average molecular weight is 235 g/mol. The van der Waals surface area contributed by atoms with Gasteiger partial charge in [-0.15, -0.1) is 0 Å². The molecule has 6 heteroatoms. The SMILES string of the molecule is CC(=O)NC1CCC(C(=O)O)CCC1(F)F. The number of aliphatic carboxylic acids is 1. The summed E-state index contributed by atoms with van der Waals surface area (Å²) in [7, 11) is 0. The minimum Gasteiger partial charge on any atom is -0.481 e. The summed E-state index contributed by atoms with van der Waals surface area (Å²) in [4.78, 5) is 21.5. The Bertz CT molecular complexity index is 294. The topological polar surface area (TPSA) is 66.4 Å². The number of alkyl halides is 2. The van der Waals surface area contributed by atoms with Crippen molar-refractivity contribution in [3.8, 4) is 0 Å². The third kappa shape index (κ3) is 3.15. The van der Waals surface area contributed by atoms with Crippen LogP contribution in [0.25, 0.3) is 0 Å². The Morgan fingerprint density at radius 3 is 2.44 bits per heavy atom. The van der Waals surface area contributed by atoms with Crippen molar-refractivity contribution in [3.63, 3.8) is 0 Å². The highest BCUT2D eigenvalue weighted by Crippen LogP contribution is 2.34. The van der Waals surface area contributed by atoms with E-state index in [9.17, 15) is 18.4 Å². The molecule has 2 unspecified atom stereocenters. The van der Waals surface area contributed by atoms with Crippen LogP contribution in [0.3, 0.4) is 0 Å². The van der Waals surface area contributed by atoms with Gasteiger partial charge in [0.25, 0.3) is 5.92 Å². The first-order valence-corrected chi connectivity index (χ1v) is 5.20. The molecule has 4 nitrogen and oxygen atoms in total. The van der Waals surface area contributed by atoms with E-state index < -0.39 is 36.2 Å². The van der Waals surface area contributed by atoms with Gasteiger partial charge in [0, 0.05) is 13.3 Å². The van der Waals surface area contributed by atoms with Crippen LogP contribution < -0.4 is 5.32 Å². The van der Waals surface area contributed by atoms with E-state index in [1.54, 1.807) is 0 Å². The Balaban J connectivity index is 2.71. The molecule has 0 bridgehead atoms. The minimum absolute atomic E-state index is 0.00352. The quantitative estimate of drug-likeness (QED) is 0.711. The summed E-state index contributed by atoms with van der Waals surface area (Å²) in [6.45, 7) is 1.18. The lowest BCUT2D eigenvalue weighted by atomic mass is 10.0. The number of rotatable bonds is 2. The van der Waals surface area contributed by atoms with Crippen molar-refractivity contribution in [2.24, 2.45) is 5.92 Å². The van der Waals surface area contributed by atoms with Crippen LogP contribution >= 0.6 is 0 Å². The summed E-state index contributed by atoms with van der Waals surface area (Å²) in [6, 6.07) is -1.24. The number of hydrogen-bond acceptors (Lipinski definition) is 2. The van der Waals surface area contributed by atoms with Gasteiger partial charge in [0.1, 0.15) is 0 Å². The van der Waals surface area contributed by atoms with E-state index in [1.807, 2.05) is 0 Å². The predicted molar refractivity (Wildman–Crippen MR) is 52.1 cm³/mol. The third-order valence-electron chi connectivity index (χ3n) is 2.87. The van der Waals surface area contributed by atoms with Gasteiger partial charge in [-0.1, -0.05) is 0 Å². The highest BCUT2D eigenvalue weighted by atomic mass is 19.3. The Morgan fingerprint density at radius 1 is 1.31 bits per heavy atom. The molecule has 16 heavy (non-hydrogen) atoms. The molecule has 1 fully saturated rings. The van der Waals surface area contributed by atoms with E-state index in [0.29, 0.717) is 0 Å². The zero-order chi connectivity index (χ0) is 12.3. The molecule has 0 spiro atoms. The maximum atomic E-state index is 13.5. The lowest BCUT2D eigenvalue weighted by Crippen LogP contribution is -2.46. The first-order chi connectivity index (χ1) is 7.33. The molecule has 0 aromatic heterocycles. The number of amides is 1. The van der Waals surface area contributed by atoms with Crippen LogP contribution in [0.1, 0.15) is 32.6 Å². The second kappa shape index (κ2) is 4.76. The van der Waals surface area contributed by atoms with Gasteiger partial charge in [0.05, 0.1) is 12.0 Å². The molecule has 0 saturated heterocycles. The van der Waals surface area contributed by atoms with Crippen LogP contribution in [0, 0.1) is 5.92 Å². The lowest BCUT2D eigenvalue weighted by molar-refractivity contribution is -0.142. The zero-order valence-electron chi connectivity index (χ0n) is 9.00. The second-order valence-electron chi connectivity index (χ2n) is 4.17. The number of halogens is 2. The number of nitrogens with one attached hydrogen (secondary N) is 1. The van der Waals surface area contributed by atoms with Crippen molar-refractivity contribution in [3.05, 3.63) is 0 Å². The largest absolute Gasteiger partial charge is 0.481 e. The number of carboxylic acid groups (broad SMARTS) is 1. The van der Waals surface area contributed by atoms with Gasteiger partial charge in [0.2, 0.25) is 5.91 Å². The standard InChI is InChI=1S/C10H15F2NO3/c1-6(14)13-8-3-2-7(9(15)16)4-5-10(8,11)12/h7-8H,2-5H2,1H3,(H,13,14)(H,15,16). The average Bonchev–Trinajstić information content (AvgIpc) is 2.26. The Labute approximate surface area is 92.0 Å². The molecule has 92 valence electrons. The molecule has 0 aromatic carbocycles. The predicted octanol–water partition coefficient (Wildman–Crippen LogP) is 1.40. The Morgan fingerprint density at radius 2 is 1.94 bits per heavy atom. The first-order valence-electron chi connectivity index (χ1n) is 5.20. The van der Waals surface area contributed by atoms with Gasteiger partial charge in [0.15, 0.2) is 0 Å². The molecule has 1 amide bonds. The van der Waals surface area contributed by atoms with E-state index >= 15 is 0 Å². The molecule has 2 N–H and O–H groups in total. The molecule has 2 atom stereocenters. The van der Waals surface area contributed by atoms with Gasteiger partial charge in [-0.2, -0.15) is 0 Å². The van der Waals surface area contributed by atoms with Crippen molar-refractivity contribution in [1.82, 2.24) is 5.32 Å². The molecule has 1 aliphatic carbocycles. The monoisotopic (exact) mass is 235 g/mol. The van der Waals surface area contributed by atoms with E-state index in [1.165, 1.54) is 6.92 Å². The van der Waals surface area contributed by atoms with Crippen molar-refractivity contribution >= 4 is 11.9 Å². The summed E-state index contributed by atoms with van der Waals surface area (Å²) < 4.78 is 27.0. The summed E-state index contributed by atoms with van der Waals surface area (Å²) >= 11 is 0. The van der Waals surface area contributed by atoms with Crippen LogP contribution in [-0.4, -0.2) is 28.9 Å². The van der Waals surface area contributed by atoms with E-state index in [4.69, 9.17) is 5.11 Å².